The maximum absolute atomic E-state index is 11.6. The van der Waals surface area contributed by atoms with Crippen LogP contribution in [-0.2, 0) is 24.3 Å². The van der Waals surface area contributed by atoms with E-state index in [1.807, 2.05) is 6.07 Å². The SMILES string of the molecule is CC(=O)N1CCc2c(c(C(=O)O)nn2Cc2cccc(C#N)c2)C1. The zero-order chi connectivity index (χ0) is 17.3. The van der Waals surface area contributed by atoms with E-state index in [9.17, 15) is 14.7 Å². The van der Waals surface area contributed by atoms with Crippen molar-refractivity contribution in [1.29, 1.82) is 5.26 Å². The Balaban J connectivity index is 1.98. The molecule has 24 heavy (non-hydrogen) atoms. The number of carbonyl (C=O) groups is 2. The Labute approximate surface area is 138 Å². The van der Waals surface area contributed by atoms with Crippen molar-refractivity contribution in [3.05, 3.63) is 52.3 Å². The molecule has 1 aliphatic rings. The summed E-state index contributed by atoms with van der Waals surface area (Å²) in [5.74, 6) is -1.17. The van der Waals surface area contributed by atoms with E-state index in [0.29, 0.717) is 30.6 Å². The van der Waals surface area contributed by atoms with Crippen LogP contribution in [0.15, 0.2) is 24.3 Å². The van der Waals surface area contributed by atoms with E-state index in [1.165, 1.54) is 6.92 Å². The highest BCUT2D eigenvalue weighted by molar-refractivity contribution is 5.87. The predicted molar refractivity (Wildman–Crippen MR) is 84.2 cm³/mol. The van der Waals surface area contributed by atoms with Crippen molar-refractivity contribution < 1.29 is 14.7 Å². The van der Waals surface area contributed by atoms with E-state index in [-0.39, 0.29) is 18.1 Å². The average Bonchev–Trinajstić information content (AvgIpc) is 2.93. The Kier molecular flexibility index (Phi) is 4.04. The first kappa shape index (κ1) is 15.7. The summed E-state index contributed by atoms with van der Waals surface area (Å²) in [4.78, 5) is 24.7. The average molecular weight is 324 g/mol. The molecule has 0 aliphatic carbocycles. The van der Waals surface area contributed by atoms with Gasteiger partial charge in [0.1, 0.15) is 0 Å². The third kappa shape index (κ3) is 2.86. The molecule has 0 unspecified atom stereocenters. The molecule has 0 saturated carbocycles. The number of hydrogen-bond acceptors (Lipinski definition) is 4. The van der Waals surface area contributed by atoms with Crippen LogP contribution in [0.4, 0.5) is 0 Å². The molecule has 7 nitrogen and oxygen atoms in total. The minimum atomic E-state index is -1.10. The van der Waals surface area contributed by atoms with E-state index in [0.717, 1.165) is 11.3 Å². The number of nitriles is 1. The number of rotatable bonds is 3. The highest BCUT2D eigenvalue weighted by Gasteiger charge is 2.28. The van der Waals surface area contributed by atoms with Gasteiger partial charge in [-0.2, -0.15) is 10.4 Å². The van der Waals surface area contributed by atoms with Crippen LogP contribution in [0.25, 0.3) is 0 Å². The number of aromatic nitrogens is 2. The van der Waals surface area contributed by atoms with Crippen LogP contribution in [0.1, 0.15) is 39.8 Å². The van der Waals surface area contributed by atoms with Gasteiger partial charge in [-0.15, -0.1) is 0 Å². The molecule has 1 aromatic heterocycles. The zero-order valence-corrected chi connectivity index (χ0v) is 13.2. The van der Waals surface area contributed by atoms with Crippen LogP contribution >= 0.6 is 0 Å². The lowest BCUT2D eigenvalue weighted by Crippen LogP contribution is -2.35. The van der Waals surface area contributed by atoms with Crippen molar-refractivity contribution in [1.82, 2.24) is 14.7 Å². The normalized spacial score (nSPS) is 13.2. The molecule has 1 N–H and O–H groups in total. The number of hydrogen-bond donors (Lipinski definition) is 1. The minimum Gasteiger partial charge on any atom is -0.476 e. The van der Waals surface area contributed by atoms with Gasteiger partial charge in [0.2, 0.25) is 5.91 Å². The summed E-state index contributed by atoms with van der Waals surface area (Å²) in [6.07, 6.45) is 0.563. The number of aromatic carboxylic acids is 1. The lowest BCUT2D eigenvalue weighted by Gasteiger charge is -2.26. The first-order chi connectivity index (χ1) is 11.5. The van der Waals surface area contributed by atoms with Crippen molar-refractivity contribution >= 4 is 11.9 Å². The lowest BCUT2D eigenvalue weighted by molar-refractivity contribution is -0.129. The van der Waals surface area contributed by atoms with Crippen LogP contribution in [-0.4, -0.2) is 38.2 Å². The number of carbonyl (C=O) groups excluding carboxylic acids is 1. The molecule has 1 aliphatic heterocycles. The van der Waals surface area contributed by atoms with E-state index >= 15 is 0 Å². The molecule has 1 amide bonds. The molecule has 2 aromatic rings. The summed E-state index contributed by atoms with van der Waals surface area (Å²) in [5, 5.41) is 22.6. The summed E-state index contributed by atoms with van der Waals surface area (Å²) >= 11 is 0. The second-order valence-electron chi connectivity index (χ2n) is 5.74. The van der Waals surface area contributed by atoms with Gasteiger partial charge >= 0.3 is 5.97 Å². The molecule has 1 aromatic carbocycles. The van der Waals surface area contributed by atoms with Crippen LogP contribution in [0, 0.1) is 11.3 Å². The van der Waals surface area contributed by atoms with Gasteiger partial charge in [0.15, 0.2) is 5.69 Å². The molecule has 0 fully saturated rings. The maximum atomic E-state index is 11.6. The first-order valence-corrected chi connectivity index (χ1v) is 7.56. The van der Waals surface area contributed by atoms with E-state index in [2.05, 4.69) is 11.2 Å². The Bertz CT molecular complexity index is 863. The van der Waals surface area contributed by atoms with Crippen molar-refractivity contribution in [2.45, 2.75) is 26.4 Å². The first-order valence-electron chi connectivity index (χ1n) is 7.56. The van der Waals surface area contributed by atoms with E-state index < -0.39 is 5.97 Å². The largest absolute Gasteiger partial charge is 0.476 e. The lowest BCUT2D eigenvalue weighted by atomic mass is 10.0. The smallest absolute Gasteiger partial charge is 0.356 e. The highest BCUT2D eigenvalue weighted by atomic mass is 16.4. The number of carboxylic acids is 1. The second-order valence-corrected chi connectivity index (χ2v) is 5.74. The zero-order valence-electron chi connectivity index (χ0n) is 13.2. The van der Waals surface area contributed by atoms with Gasteiger partial charge in [-0.25, -0.2) is 4.79 Å². The van der Waals surface area contributed by atoms with E-state index in [1.54, 1.807) is 27.8 Å². The van der Waals surface area contributed by atoms with Crippen molar-refractivity contribution in [2.75, 3.05) is 6.54 Å². The highest BCUT2D eigenvalue weighted by Crippen LogP contribution is 2.24. The monoisotopic (exact) mass is 324 g/mol. The third-order valence-corrected chi connectivity index (χ3v) is 4.17. The molecule has 0 radical (unpaired) electrons. The number of carboxylic acid groups (broad SMARTS) is 1. The van der Waals surface area contributed by atoms with Crippen molar-refractivity contribution in [3.63, 3.8) is 0 Å². The Hall–Kier alpha value is -3.14. The fourth-order valence-electron chi connectivity index (χ4n) is 2.97. The summed E-state index contributed by atoms with van der Waals surface area (Å²) in [6, 6.07) is 9.24. The van der Waals surface area contributed by atoms with Crippen LogP contribution in [0.3, 0.4) is 0 Å². The maximum Gasteiger partial charge on any atom is 0.356 e. The standard InChI is InChI=1S/C17H16N4O3/c1-11(22)20-6-5-15-14(10-20)16(17(23)24)19-21(15)9-13-4-2-3-12(7-13)8-18/h2-4,7H,5-6,9-10H2,1H3,(H,23,24). The van der Waals surface area contributed by atoms with Crippen LogP contribution < -0.4 is 0 Å². The van der Waals surface area contributed by atoms with Gasteiger partial charge in [0, 0.05) is 37.7 Å². The summed E-state index contributed by atoms with van der Waals surface area (Å²) in [7, 11) is 0. The fraction of sp³-hybridized carbons (Fsp3) is 0.294. The number of nitrogens with zero attached hydrogens (tertiary/aromatic N) is 4. The van der Waals surface area contributed by atoms with Gasteiger partial charge in [-0.1, -0.05) is 12.1 Å². The quantitative estimate of drug-likeness (QED) is 0.920. The molecule has 122 valence electrons. The molecule has 0 bridgehead atoms. The molecular formula is C17H16N4O3. The molecule has 0 saturated heterocycles. The van der Waals surface area contributed by atoms with Gasteiger partial charge in [0.05, 0.1) is 18.2 Å². The molecular weight excluding hydrogens is 308 g/mol. The third-order valence-electron chi connectivity index (χ3n) is 4.17. The molecule has 3 rings (SSSR count). The molecule has 0 spiro atoms. The number of amides is 1. The number of benzene rings is 1. The topological polar surface area (TPSA) is 99.2 Å². The van der Waals surface area contributed by atoms with E-state index in [4.69, 9.17) is 5.26 Å². The summed E-state index contributed by atoms with van der Waals surface area (Å²) in [5.41, 5.74) is 2.86. The van der Waals surface area contributed by atoms with Crippen LogP contribution in [0.5, 0.6) is 0 Å². The van der Waals surface area contributed by atoms with Gasteiger partial charge in [-0.05, 0) is 17.7 Å². The van der Waals surface area contributed by atoms with Gasteiger partial charge < -0.3 is 10.0 Å². The molecule has 7 heteroatoms. The van der Waals surface area contributed by atoms with Crippen molar-refractivity contribution in [2.24, 2.45) is 0 Å². The fourth-order valence-corrected chi connectivity index (χ4v) is 2.97. The van der Waals surface area contributed by atoms with Gasteiger partial charge in [-0.3, -0.25) is 9.48 Å². The summed E-state index contributed by atoms with van der Waals surface area (Å²) < 4.78 is 1.67. The Morgan fingerprint density at radius 2 is 2.21 bits per heavy atom. The summed E-state index contributed by atoms with van der Waals surface area (Å²) in [6.45, 7) is 2.68. The van der Waals surface area contributed by atoms with Crippen molar-refractivity contribution in [3.8, 4) is 6.07 Å². The van der Waals surface area contributed by atoms with Crippen LogP contribution in [0.2, 0.25) is 0 Å². The Morgan fingerprint density at radius 3 is 2.88 bits per heavy atom. The van der Waals surface area contributed by atoms with Gasteiger partial charge in [0.25, 0.3) is 0 Å². The Morgan fingerprint density at radius 1 is 1.42 bits per heavy atom. The minimum absolute atomic E-state index is 0.00705. The molecule has 0 atom stereocenters. The number of fused-ring (bicyclic) bond motifs is 1. The second kappa shape index (κ2) is 6.16. The predicted octanol–water partition coefficient (Wildman–Crippen LogP) is 1.41. The molecule has 2 heterocycles.